The van der Waals surface area contributed by atoms with Crippen LogP contribution in [-0.4, -0.2) is 4.98 Å². The molecule has 0 atom stereocenters. The largest absolute Gasteiger partial charge is 0.256 e. The first-order chi connectivity index (χ1) is 24.3. The first-order valence-electron chi connectivity index (χ1n) is 17.0. The predicted octanol–water partition coefficient (Wildman–Crippen LogP) is 12.2. The van der Waals surface area contributed by atoms with Crippen molar-refractivity contribution in [3.63, 3.8) is 0 Å². The molecular weight excluding hydrogens is 591 g/mol. The van der Waals surface area contributed by atoms with Crippen molar-refractivity contribution in [2.45, 2.75) is 5.41 Å². The third-order valence-electron chi connectivity index (χ3n) is 10.5. The molecule has 228 valence electrons. The Morgan fingerprint density at radius 1 is 0.408 bits per heavy atom. The quantitative estimate of drug-likeness (QED) is 0.178. The highest BCUT2D eigenvalue weighted by molar-refractivity contribution is 6.21. The lowest BCUT2D eigenvalue weighted by Crippen LogP contribution is -2.34. The van der Waals surface area contributed by atoms with Crippen LogP contribution in [-0.2, 0) is 5.41 Å². The van der Waals surface area contributed by atoms with E-state index in [1.165, 1.54) is 76.8 Å². The van der Waals surface area contributed by atoms with Crippen LogP contribution in [0.3, 0.4) is 0 Å². The molecule has 0 amide bonds. The molecule has 0 bridgehead atoms. The van der Waals surface area contributed by atoms with Crippen LogP contribution in [0.25, 0.3) is 65.8 Å². The van der Waals surface area contributed by atoms with Gasteiger partial charge in [-0.15, -0.1) is 0 Å². The van der Waals surface area contributed by atoms with Gasteiger partial charge >= 0.3 is 0 Å². The summed E-state index contributed by atoms with van der Waals surface area (Å²) in [5.41, 5.74) is 11.9. The maximum absolute atomic E-state index is 4.64. The molecule has 1 heteroatoms. The molecule has 1 aromatic heterocycles. The summed E-state index contributed by atoms with van der Waals surface area (Å²) in [4.78, 5) is 4.64. The molecule has 0 unspecified atom stereocenters. The lowest BCUT2D eigenvalue weighted by Gasteiger charge is -2.43. The molecule has 0 N–H and O–H groups in total. The van der Waals surface area contributed by atoms with Gasteiger partial charge in [-0.2, -0.15) is 0 Å². The van der Waals surface area contributed by atoms with Gasteiger partial charge in [0.05, 0.1) is 11.1 Å². The summed E-state index contributed by atoms with van der Waals surface area (Å²) in [6.07, 6.45) is 1.86. The third kappa shape index (κ3) is 4.03. The Bertz CT molecular complexity index is 2650. The first kappa shape index (κ1) is 27.8. The SMILES string of the molecule is c1ccc(C2(c3ccccc3)c3ccccc3-c3cccc4c(-c5ccc6ccc(-c7ccccn7)cc6c5)c5ccccc5c2c34)cc1. The van der Waals surface area contributed by atoms with Gasteiger partial charge in [-0.25, -0.2) is 0 Å². The zero-order valence-corrected chi connectivity index (χ0v) is 26.8. The van der Waals surface area contributed by atoms with Crippen LogP contribution >= 0.6 is 0 Å². The maximum atomic E-state index is 4.64. The molecule has 1 aliphatic carbocycles. The topological polar surface area (TPSA) is 12.9 Å². The van der Waals surface area contributed by atoms with Gasteiger partial charge in [0.1, 0.15) is 0 Å². The van der Waals surface area contributed by atoms with E-state index in [1.54, 1.807) is 0 Å². The van der Waals surface area contributed by atoms with Crippen molar-refractivity contribution < 1.29 is 0 Å². The molecule has 49 heavy (non-hydrogen) atoms. The van der Waals surface area contributed by atoms with Crippen LogP contribution in [0, 0.1) is 0 Å². The first-order valence-corrected chi connectivity index (χ1v) is 17.0. The van der Waals surface area contributed by atoms with Crippen molar-refractivity contribution in [3.8, 4) is 33.5 Å². The highest BCUT2D eigenvalue weighted by Gasteiger charge is 2.45. The lowest BCUT2D eigenvalue weighted by molar-refractivity contribution is 0.757. The number of pyridine rings is 1. The van der Waals surface area contributed by atoms with Crippen LogP contribution in [0.4, 0.5) is 0 Å². The third-order valence-corrected chi connectivity index (χ3v) is 10.5. The standard InChI is InChI=1S/C48H31N/c1-3-14-36(15-4-1)48(37-16-5-2-6-17-37)43-23-10-9-18-38(43)39-21-13-22-42-45(40-19-7-8-20-41(40)47(48)46(39)42)34-28-26-32-25-27-33(30-35(32)31-34)44-24-11-12-29-49-44/h1-31H. The molecule has 0 fully saturated rings. The van der Waals surface area contributed by atoms with Gasteiger partial charge in [-0.05, 0) is 101 Å². The average molecular weight is 622 g/mol. The molecule has 8 aromatic carbocycles. The van der Waals surface area contributed by atoms with E-state index in [0.717, 1.165) is 11.3 Å². The van der Waals surface area contributed by atoms with Gasteiger partial charge in [0.15, 0.2) is 0 Å². The smallest absolute Gasteiger partial charge is 0.0719 e. The Morgan fingerprint density at radius 3 is 1.78 bits per heavy atom. The monoisotopic (exact) mass is 621 g/mol. The van der Waals surface area contributed by atoms with Crippen LogP contribution < -0.4 is 0 Å². The van der Waals surface area contributed by atoms with Crippen molar-refractivity contribution in [1.82, 2.24) is 4.98 Å². The van der Waals surface area contributed by atoms with Crippen LogP contribution in [0.15, 0.2) is 188 Å². The van der Waals surface area contributed by atoms with E-state index >= 15 is 0 Å². The van der Waals surface area contributed by atoms with Crippen LogP contribution in [0.1, 0.15) is 22.3 Å². The summed E-state index contributed by atoms with van der Waals surface area (Å²) in [5.74, 6) is 0. The fourth-order valence-corrected chi connectivity index (χ4v) is 8.57. The average Bonchev–Trinajstić information content (AvgIpc) is 3.19. The number of benzene rings is 8. The lowest BCUT2D eigenvalue weighted by atomic mass is 9.58. The molecule has 1 aliphatic rings. The number of nitrogens with zero attached hydrogens (tertiary/aromatic N) is 1. The second-order valence-electron chi connectivity index (χ2n) is 13.0. The van der Waals surface area contributed by atoms with E-state index < -0.39 is 5.41 Å². The molecule has 0 saturated carbocycles. The Hall–Kier alpha value is -6.31. The van der Waals surface area contributed by atoms with Gasteiger partial charge in [0.2, 0.25) is 0 Å². The van der Waals surface area contributed by atoms with Crippen molar-refractivity contribution >= 4 is 32.3 Å². The normalized spacial score (nSPS) is 13.1. The van der Waals surface area contributed by atoms with E-state index in [0.29, 0.717) is 0 Å². The molecule has 0 spiro atoms. The van der Waals surface area contributed by atoms with Crippen molar-refractivity contribution in [1.29, 1.82) is 0 Å². The summed E-state index contributed by atoms with van der Waals surface area (Å²) in [5, 5.41) is 7.57. The second kappa shape index (κ2) is 10.9. The Balaban J connectivity index is 1.37. The van der Waals surface area contributed by atoms with E-state index in [1.807, 2.05) is 18.3 Å². The summed E-state index contributed by atoms with van der Waals surface area (Å²) in [7, 11) is 0. The minimum absolute atomic E-state index is 0.523. The van der Waals surface area contributed by atoms with E-state index in [9.17, 15) is 0 Å². The minimum atomic E-state index is -0.523. The van der Waals surface area contributed by atoms with Crippen molar-refractivity contribution in [2.75, 3.05) is 0 Å². The van der Waals surface area contributed by atoms with E-state index in [4.69, 9.17) is 0 Å². The second-order valence-corrected chi connectivity index (χ2v) is 13.0. The summed E-state index contributed by atoms with van der Waals surface area (Å²) in [6, 6.07) is 67.0. The zero-order valence-electron chi connectivity index (χ0n) is 26.8. The van der Waals surface area contributed by atoms with E-state index in [-0.39, 0.29) is 0 Å². The number of aromatic nitrogens is 1. The van der Waals surface area contributed by atoms with Gasteiger partial charge < -0.3 is 0 Å². The maximum Gasteiger partial charge on any atom is 0.0719 e. The molecule has 9 aromatic rings. The summed E-state index contributed by atoms with van der Waals surface area (Å²) < 4.78 is 0. The highest BCUT2D eigenvalue weighted by atomic mass is 14.7. The number of hydrogen-bond acceptors (Lipinski definition) is 1. The van der Waals surface area contributed by atoms with Crippen molar-refractivity contribution in [2.24, 2.45) is 0 Å². The summed E-state index contributed by atoms with van der Waals surface area (Å²) >= 11 is 0. The minimum Gasteiger partial charge on any atom is -0.256 e. The number of fused-ring (bicyclic) bond motifs is 5. The molecule has 0 radical (unpaired) electrons. The molecule has 10 rings (SSSR count). The molecular formula is C48H31N. The Labute approximate surface area is 285 Å². The molecule has 1 nitrogen and oxygen atoms in total. The number of hydrogen-bond donors (Lipinski definition) is 0. The molecule has 0 saturated heterocycles. The fourth-order valence-electron chi connectivity index (χ4n) is 8.57. The fraction of sp³-hybridized carbons (Fsp3) is 0.0208. The Kier molecular flexibility index (Phi) is 6.16. The molecule has 1 heterocycles. The van der Waals surface area contributed by atoms with Gasteiger partial charge in [-0.3, -0.25) is 4.98 Å². The zero-order chi connectivity index (χ0) is 32.4. The van der Waals surface area contributed by atoms with E-state index in [2.05, 4.69) is 175 Å². The van der Waals surface area contributed by atoms with Gasteiger partial charge in [0.25, 0.3) is 0 Å². The number of rotatable bonds is 4. The van der Waals surface area contributed by atoms with Gasteiger partial charge in [0, 0.05) is 11.8 Å². The van der Waals surface area contributed by atoms with Crippen LogP contribution in [0.5, 0.6) is 0 Å². The van der Waals surface area contributed by atoms with Crippen LogP contribution in [0.2, 0.25) is 0 Å². The summed E-state index contributed by atoms with van der Waals surface area (Å²) in [6.45, 7) is 0. The molecule has 0 aliphatic heterocycles. The van der Waals surface area contributed by atoms with Gasteiger partial charge in [-0.1, -0.05) is 158 Å². The van der Waals surface area contributed by atoms with Crippen molar-refractivity contribution in [3.05, 3.63) is 210 Å². The Morgan fingerprint density at radius 2 is 1.02 bits per heavy atom. The predicted molar refractivity (Wildman–Crippen MR) is 205 cm³/mol. The highest BCUT2D eigenvalue weighted by Crippen LogP contribution is 2.58.